The lowest BCUT2D eigenvalue weighted by molar-refractivity contribution is -0.141. The summed E-state index contributed by atoms with van der Waals surface area (Å²) < 4.78 is 3.35. The Morgan fingerprint density at radius 2 is 1.53 bits per heavy atom. The minimum absolute atomic E-state index is 0.0142. The average Bonchev–Trinajstić information content (AvgIpc) is 2.82. The molecule has 0 saturated heterocycles. The molecule has 0 bridgehead atoms. The molecule has 0 heterocycles. The molecule has 0 fully saturated rings. The van der Waals surface area contributed by atoms with Crippen LogP contribution in [0.3, 0.4) is 0 Å². The molecule has 2 N–H and O–H groups in total. The van der Waals surface area contributed by atoms with Crippen LogP contribution in [0.2, 0.25) is 0 Å². The first-order valence-corrected chi connectivity index (χ1v) is 11.9. The number of hydrogen-bond donors (Lipinski definition) is 2. The van der Waals surface area contributed by atoms with Crippen LogP contribution in [0.5, 0.6) is 0 Å². The number of hydrogen-bond acceptors (Lipinski definition) is 4. The Hall–Kier alpha value is -3.05. The number of rotatable bonds is 12. The second kappa shape index (κ2) is 12.1. The molecule has 0 aliphatic carbocycles. The van der Waals surface area contributed by atoms with Crippen LogP contribution in [-0.4, -0.2) is 22.6 Å². The Balaban J connectivity index is 1.60. The molecular weight excluding hydrogens is 418 g/mol. The number of Topliss-reactive ketones (excluding diaryl/α,β-unsaturated/α-hetero) is 1. The van der Waals surface area contributed by atoms with Gasteiger partial charge in [0, 0.05) is 23.4 Å². The van der Waals surface area contributed by atoms with Crippen LogP contribution in [0.1, 0.15) is 42.1 Å². The largest absolute Gasteiger partial charge is 0.481 e. The molecule has 32 heavy (non-hydrogen) atoms. The number of carboxylic acid groups (broad SMARTS) is 1. The van der Waals surface area contributed by atoms with Gasteiger partial charge in [-0.1, -0.05) is 92.0 Å². The van der Waals surface area contributed by atoms with Gasteiger partial charge in [-0.3, -0.25) is 9.59 Å². The van der Waals surface area contributed by atoms with Crippen molar-refractivity contribution in [3.63, 3.8) is 0 Å². The van der Waals surface area contributed by atoms with Gasteiger partial charge in [0.15, 0.2) is 5.78 Å². The number of ketones is 1. The number of carbonyl (C=O) groups excluding carboxylic acids is 1. The number of carboxylic acids is 1. The highest BCUT2D eigenvalue weighted by Crippen LogP contribution is 2.24. The van der Waals surface area contributed by atoms with Gasteiger partial charge >= 0.3 is 5.97 Å². The zero-order valence-corrected chi connectivity index (χ0v) is 19.1. The van der Waals surface area contributed by atoms with Crippen LogP contribution in [0.15, 0.2) is 78.9 Å². The van der Waals surface area contributed by atoms with Crippen molar-refractivity contribution in [3.8, 4) is 11.1 Å². The molecule has 3 aromatic rings. The quantitative estimate of drug-likeness (QED) is 0.183. The van der Waals surface area contributed by atoms with Crippen LogP contribution in [0.25, 0.3) is 11.1 Å². The van der Waals surface area contributed by atoms with E-state index in [9.17, 15) is 14.7 Å². The van der Waals surface area contributed by atoms with E-state index in [1.807, 2.05) is 54.6 Å². The van der Waals surface area contributed by atoms with E-state index in [0.29, 0.717) is 12.0 Å². The molecule has 166 valence electrons. The number of carbonyl (C=O) groups is 2. The highest BCUT2D eigenvalue weighted by molar-refractivity contribution is 8.00. The van der Waals surface area contributed by atoms with Crippen LogP contribution < -0.4 is 4.72 Å². The summed E-state index contributed by atoms with van der Waals surface area (Å²) in [6.07, 6.45) is 2.72. The molecule has 0 spiro atoms. The topological polar surface area (TPSA) is 66.4 Å². The SMILES string of the molecule is CCCCSNc1ccc(-c2ccc(C(=O)CC(Cc3ccccc3)C(=O)O)cc2)cc1. The van der Waals surface area contributed by atoms with E-state index in [2.05, 4.69) is 23.8 Å². The number of unbranched alkanes of at least 4 members (excludes halogenated alkanes) is 1. The molecule has 0 amide bonds. The first kappa shape index (κ1) is 23.6. The lowest BCUT2D eigenvalue weighted by Gasteiger charge is -2.12. The number of benzene rings is 3. The van der Waals surface area contributed by atoms with E-state index in [-0.39, 0.29) is 12.2 Å². The van der Waals surface area contributed by atoms with Crippen molar-refractivity contribution in [1.82, 2.24) is 0 Å². The Morgan fingerprint density at radius 3 is 2.12 bits per heavy atom. The van der Waals surface area contributed by atoms with Gasteiger partial charge in [0.2, 0.25) is 0 Å². The van der Waals surface area contributed by atoms with Crippen LogP contribution >= 0.6 is 11.9 Å². The summed E-state index contributed by atoms with van der Waals surface area (Å²) >= 11 is 1.72. The summed E-state index contributed by atoms with van der Waals surface area (Å²) in [5.41, 5.74) is 4.62. The maximum atomic E-state index is 12.7. The lowest BCUT2D eigenvalue weighted by atomic mass is 9.91. The van der Waals surface area contributed by atoms with Crippen molar-refractivity contribution in [2.24, 2.45) is 5.92 Å². The standard InChI is InChI=1S/C27H29NO3S/c1-2-3-17-32-28-25-15-13-22(14-16-25)21-9-11-23(12-10-21)26(29)19-24(27(30)31)18-20-7-5-4-6-8-20/h4-16,24,28H,2-3,17-19H2,1H3,(H,30,31). The minimum atomic E-state index is -0.944. The Morgan fingerprint density at radius 1 is 0.906 bits per heavy atom. The molecule has 0 saturated carbocycles. The van der Waals surface area contributed by atoms with Crippen LogP contribution in [0.4, 0.5) is 5.69 Å². The molecule has 5 heteroatoms. The molecule has 1 unspecified atom stereocenters. The molecule has 0 radical (unpaired) electrons. The Kier molecular flexibility index (Phi) is 8.93. The fourth-order valence-electron chi connectivity index (χ4n) is 3.42. The number of anilines is 1. The van der Waals surface area contributed by atoms with Gasteiger partial charge in [0.25, 0.3) is 0 Å². The summed E-state index contributed by atoms with van der Waals surface area (Å²) in [6, 6.07) is 25.0. The predicted octanol–water partition coefficient (Wildman–Crippen LogP) is 6.73. The van der Waals surface area contributed by atoms with Crippen LogP contribution in [-0.2, 0) is 11.2 Å². The number of nitrogens with one attached hydrogen (secondary N) is 1. The maximum absolute atomic E-state index is 12.7. The third-order valence-corrected chi connectivity index (χ3v) is 6.19. The first-order chi connectivity index (χ1) is 15.6. The zero-order chi connectivity index (χ0) is 22.8. The van der Waals surface area contributed by atoms with E-state index >= 15 is 0 Å². The highest BCUT2D eigenvalue weighted by atomic mass is 32.2. The van der Waals surface area contributed by atoms with E-state index in [4.69, 9.17) is 0 Å². The molecule has 3 rings (SSSR count). The lowest BCUT2D eigenvalue weighted by Crippen LogP contribution is -2.20. The minimum Gasteiger partial charge on any atom is -0.481 e. The van der Waals surface area contributed by atoms with Crippen molar-refractivity contribution >= 4 is 29.4 Å². The molecule has 3 aromatic carbocycles. The number of aliphatic carboxylic acids is 1. The second-order valence-electron chi connectivity index (χ2n) is 7.81. The summed E-state index contributed by atoms with van der Waals surface area (Å²) in [4.78, 5) is 24.4. The fraction of sp³-hybridized carbons (Fsp3) is 0.259. The van der Waals surface area contributed by atoms with E-state index in [0.717, 1.165) is 28.1 Å². The molecule has 0 aliphatic heterocycles. The summed E-state index contributed by atoms with van der Waals surface area (Å²) in [5, 5.41) is 9.57. The monoisotopic (exact) mass is 447 g/mol. The van der Waals surface area contributed by atoms with Crippen molar-refractivity contribution in [3.05, 3.63) is 90.0 Å². The summed E-state index contributed by atoms with van der Waals surface area (Å²) in [5.74, 6) is -0.745. The van der Waals surface area contributed by atoms with E-state index in [1.54, 1.807) is 24.1 Å². The van der Waals surface area contributed by atoms with Crippen molar-refractivity contribution in [1.29, 1.82) is 0 Å². The Bertz CT molecular complexity index is 1000. The molecule has 1 atom stereocenters. The van der Waals surface area contributed by atoms with Gasteiger partial charge in [0.05, 0.1) is 5.92 Å². The third-order valence-electron chi connectivity index (χ3n) is 5.32. The van der Waals surface area contributed by atoms with Gasteiger partial charge in [-0.15, -0.1) is 0 Å². The van der Waals surface area contributed by atoms with E-state index in [1.165, 1.54) is 12.8 Å². The molecule has 0 aliphatic rings. The van der Waals surface area contributed by atoms with Gasteiger partial charge < -0.3 is 9.83 Å². The first-order valence-electron chi connectivity index (χ1n) is 10.9. The molecule has 4 nitrogen and oxygen atoms in total. The predicted molar refractivity (Wildman–Crippen MR) is 133 cm³/mol. The van der Waals surface area contributed by atoms with Crippen molar-refractivity contribution in [2.75, 3.05) is 10.5 Å². The summed E-state index contributed by atoms with van der Waals surface area (Å²) in [6.45, 7) is 2.18. The zero-order valence-electron chi connectivity index (χ0n) is 18.3. The third kappa shape index (κ3) is 6.99. The molecule has 0 aromatic heterocycles. The fourth-order valence-corrected chi connectivity index (χ4v) is 4.26. The van der Waals surface area contributed by atoms with Gasteiger partial charge in [-0.2, -0.15) is 0 Å². The van der Waals surface area contributed by atoms with Gasteiger partial charge in [0.1, 0.15) is 0 Å². The summed E-state index contributed by atoms with van der Waals surface area (Å²) in [7, 11) is 0. The van der Waals surface area contributed by atoms with Gasteiger partial charge in [-0.25, -0.2) is 0 Å². The van der Waals surface area contributed by atoms with E-state index < -0.39 is 11.9 Å². The normalized spacial score (nSPS) is 11.7. The van der Waals surface area contributed by atoms with Crippen molar-refractivity contribution in [2.45, 2.75) is 32.6 Å². The van der Waals surface area contributed by atoms with Crippen molar-refractivity contribution < 1.29 is 14.7 Å². The second-order valence-corrected chi connectivity index (χ2v) is 8.71. The smallest absolute Gasteiger partial charge is 0.307 e. The van der Waals surface area contributed by atoms with Crippen LogP contribution in [0, 0.1) is 5.92 Å². The maximum Gasteiger partial charge on any atom is 0.307 e. The highest BCUT2D eigenvalue weighted by Gasteiger charge is 2.22. The Labute approximate surface area is 194 Å². The molecular formula is C27H29NO3S. The van der Waals surface area contributed by atoms with Gasteiger partial charge in [-0.05, 0) is 41.7 Å². The average molecular weight is 448 g/mol.